The van der Waals surface area contributed by atoms with E-state index in [0.717, 1.165) is 22.0 Å². The molecule has 0 spiro atoms. The molecule has 1 fully saturated rings. The molecule has 1 N–H and O–H groups in total. The van der Waals surface area contributed by atoms with Crippen LogP contribution in [0.2, 0.25) is 5.02 Å². The number of para-hydroxylation sites is 2. The minimum absolute atomic E-state index is 0. The molecule has 2 amide bonds. The molecular formula is C34H39Cl2N5O4S. The average molecular weight is 685 g/mol. The molecule has 0 radical (unpaired) electrons. The predicted molar refractivity (Wildman–Crippen MR) is 188 cm³/mol. The van der Waals surface area contributed by atoms with Crippen molar-refractivity contribution in [3.63, 3.8) is 0 Å². The van der Waals surface area contributed by atoms with Crippen LogP contribution in [0.3, 0.4) is 0 Å². The maximum absolute atomic E-state index is 14.0. The van der Waals surface area contributed by atoms with Crippen molar-refractivity contribution in [2.45, 2.75) is 26.3 Å². The van der Waals surface area contributed by atoms with Crippen LogP contribution in [0.1, 0.15) is 29.9 Å². The zero-order valence-corrected chi connectivity index (χ0v) is 28.5. The summed E-state index contributed by atoms with van der Waals surface area (Å²) in [6.07, 6.45) is 3.17. The van der Waals surface area contributed by atoms with E-state index in [1.54, 1.807) is 29.3 Å². The Labute approximate surface area is 282 Å². The number of carbonyl (C=O) groups excluding carboxylic acids is 2. The molecule has 1 aromatic heterocycles. The van der Waals surface area contributed by atoms with Crippen molar-refractivity contribution in [1.82, 2.24) is 15.2 Å². The summed E-state index contributed by atoms with van der Waals surface area (Å²) in [6.45, 7) is 6.19. The molecule has 1 saturated heterocycles. The number of benzene rings is 3. The zero-order chi connectivity index (χ0) is 32.1. The third-order valence-electron chi connectivity index (χ3n) is 7.83. The number of carbonyl (C=O) groups is 2. The Morgan fingerprint density at radius 3 is 2.22 bits per heavy atom. The second-order valence-corrected chi connectivity index (χ2v) is 14.1. The van der Waals surface area contributed by atoms with Crippen LogP contribution in [0.4, 0.5) is 11.4 Å². The maximum atomic E-state index is 14.0. The normalized spacial score (nSPS) is 14.1. The maximum Gasteiger partial charge on any atom is 0.270 e. The molecule has 5 rings (SSSR count). The number of rotatable bonds is 10. The Morgan fingerprint density at radius 1 is 0.935 bits per heavy atom. The third-order valence-corrected chi connectivity index (χ3v) is 9.23. The summed E-state index contributed by atoms with van der Waals surface area (Å²) in [4.78, 5) is 35.6. The molecule has 4 aromatic rings. The van der Waals surface area contributed by atoms with Gasteiger partial charge in [-0.25, -0.2) is 8.42 Å². The van der Waals surface area contributed by atoms with Gasteiger partial charge in [-0.15, -0.1) is 12.4 Å². The average Bonchev–Trinajstić information content (AvgIpc) is 3.03. The first-order valence-corrected chi connectivity index (χ1v) is 17.2. The van der Waals surface area contributed by atoms with Crippen molar-refractivity contribution in [3.05, 3.63) is 101 Å². The minimum atomic E-state index is -3.50. The summed E-state index contributed by atoms with van der Waals surface area (Å²) < 4.78 is 27.0. The molecule has 9 nitrogen and oxygen atoms in total. The van der Waals surface area contributed by atoms with E-state index in [-0.39, 0.29) is 36.3 Å². The first-order chi connectivity index (χ1) is 21.5. The fourth-order valence-corrected chi connectivity index (χ4v) is 6.78. The number of piperazine rings is 1. The van der Waals surface area contributed by atoms with Gasteiger partial charge in [0.2, 0.25) is 15.9 Å². The summed E-state index contributed by atoms with van der Waals surface area (Å²) in [5, 5.41) is 5.34. The zero-order valence-electron chi connectivity index (χ0n) is 26.1. The molecule has 1 aliphatic heterocycles. The number of hydrogen-bond acceptors (Lipinski definition) is 6. The van der Waals surface area contributed by atoms with Crippen molar-refractivity contribution in [3.8, 4) is 0 Å². The Hall–Kier alpha value is -3.86. The summed E-state index contributed by atoms with van der Waals surface area (Å²) in [5.41, 5.74) is 2.54. The van der Waals surface area contributed by atoms with Crippen LogP contribution in [0.15, 0.2) is 85.1 Å². The fourth-order valence-electron chi connectivity index (χ4n) is 5.57. The van der Waals surface area contributed by atoms with Gasteiger partial charge in [-0.05, 0) is 47.2 Å². The van der Waals surface area contributed by atoms with E-state index in [2.05, 4.69) is 15.2 Å². The van der Waals surface area contributed by atoms with Gasteiger partial charge >= 0.3 is 0 Å². The highest BCUT2D eigenvalue weighted by atomic mass is 35.5. The summed E-state index contributed by atoms with van der Waals surface area (Å²) in [6, 6.07) is 23.3. The van der Waals surface area contributed by atoms with Gasteiger partial charge in [-0.2, -0.15) is 0 Å². The largest absolute Gasteiger partial charge is 0.366 e. The van der Waals surface area contributed by atoms with E-state index < -0.39 is 22.0 Å². The molecule has 1 atom stereocenters. The Bertz CT molecular complexity index is 1780. The number of hydrogen-bond donors (Lipinski definition) is 1. The van der Waals surface area contributed by atoms with Crippen LogP contribution in [0.5, 0.6) is 0 Å². The molecule has 0 aliphatic carbocycles. The minimum Gasteiger partial charge on any atom is -0.366 e. The lowest BCUT2D eigenvalue weighted by atomic mass is 10.0. The lowest BCUT2D eigenvalue weighted by Crippen LogP contribution is -2.55. The molecule has 46 heavy (non-hydrogen) atoms. The van der Waals surface area contributed by atoms with E-state index >= 15 is 0 Å². The standard InChI is InChI=1S/C34H38ClN5O4S.ClH/c1-24(2)23-40(45(3,43)44)32-11-7-6-10-31(32)38-16-18-39(19-17-38)34(42)30(20-25-12-14-28(35)15-13-25)37-33(41)29-21-26-8-4-5-9-27(26)22-36-29;/h4-15,21-22,24,30H,16-20,23H2,1-3H3,(H,37,41);1H/t30-;/m1./s1. The smallest absolute Gasteiger partial charge is 0.270 e. The van der Waals surface area contributed by atoms with Crippen molar-refractivity contribution in [2.75, 3.05) is 48.2 Å². The van der Waals surface area contributed by atoms with Crippen molar-refractivity contribution >= 4 is 68.0 Å². The van der Waals surface area contributed by atoms with Crippen LogP contribution in [0, 0.1) is 5.92 Å². The number of anilines is 2. The Kier molecular flexibility index (Phi) is 11.5. The number of pyridine rings is 1. The lowest BCUT2D eigenvalue weighted by Gasteiger charge is -2.39. The highest BCUT2D eigenvalue weighted by Gasteiger charge is 2.31. The van der Waals surface area contributed by atoms with Crippen LogP contribution < -0.4 is 14.5 Å². The van der Waals surface area contributed by atoms with Gasteiger partial charge in [0.25, 0.3) is 5.91 Å². The molecule has 3 aromatic carbocycles. The van der Waals surface area contributed by atoms with Gasteiger partial charge in [0.1, 0.15) is 11.7 Å². The number of amides is 2. The van der Waals surface area contributed by atoms with E-state index in [1.165, 1.54) is 10.6 Å². The SMILES string of the molecule is CC(C)CN(c1ccccc1N1CCN(C(=O)[C@@H](Cc2ccc(Cl)cc2)NC(=O)c2cc3ccccc3cn2)CC1)S(C)(=O)=O.Cl. The van der Waals surface area contributed by atoms with Crippen molar-refractivity contribution < 1.29 is 18.0 Å². The summed E-state index contributed by atoms with van der Waals surface area (Å²) in [7, 11) is -3.50. The van der Waals surface area contributed by atoms with Gasteiger partial charge in [0.05, 0.1) is 17.6 Å². The van der Waals surface area contributed by atoms with Gasteiger partial charge in [-0.3, -0.25) is 18.9 Å². The number of sulfonamides is 1. The Morgan fingerprint density at radius 2 is 1.57 bits per heavy atom. The van der Waals surface area contributed by atoms with E-state index in [9.17, 15) is 18.0 Å². The number of nitrogens with zero attached hydrogens (tertiary/aromatic N) is 4. The summed E-state index contributed by atoms with van der Waals surface area (Å²) in [5.74, 6) is -0.476. The number of aromatic nitrogens is 1. The van der Waals surface area contributed by atoms with Crippen LogP contribution in [-0.4, -0.2) is 75.1 Å². The monoisotopic (exact) mass is 683 g/mol. The van der Waals surface area contributed by atoms with Gasteiger partial charge in [0.15, 0.2) is 0 Å². The second-order valence-electron chi connectivity index (χ2n) is 11.8. The van der Waals surface area contributed by atoms with Gasteiger partial charge in [-0.1, -0.05) is 74.0 Å². The predicted octanol–water partition coefficient (Wildman–Crippen LogP) is 5.42. The van der Waals surface area contributed by atoms with Crippen molar-refractivity contribution in [1.29, 1.82) is 0 Å². The lowest BCUT2D eigenvalue weighted by molar-refractivity contribution is -0.133. The molecule has 0 bridgehead atoms. The van der Waals surface area contributed by atoms with E-state index in [0.29, 0.717) is 43.4 Å². The first-order valence-electron chi connectivity index (χ1n) is 15.0. The molecule has 244 valence electrons. The third kappa shape index (κ3) is 8.48. The molecule has 2 heterocycles. The van der Waals surface area contributed by atoms with Gasteiger partial charge in [0, 0.05) is 55.8 Å². The molecule has 0 unspecified atom stereocenters. The van der Waals surface area contributed by atoms with Crippen LogP contribution in [0.25, 0.3) is 10.8 Å². The van der Waals surface area contributed by atoms with Crippen LogP contribution >= 0.6 is 24.0 Å². The van der Waals surface area contributed by atoms with Gasteiger partial charge < -0.3 is 15.1 Å². The highest BCUT2D eigenvalue weighted by Crippen LogP contribution is 2.32. The Balaban J connectivity index is 0.00000480. The van der Waals surface area contributed by atoms with E-state index in [4.69, 9.17) is 11.6 Å². The number of nitrogens with one attached hydrogen (secondary N) is 1. The van der Waals surface area contributed by atoms with Crippen LogP contribution in [-0.2, 0) is 21.2 Å². The highest BCUT2D eigenvalue weighted by molar-refractivity contribution is 7.92. The first kappa shape index (κ1) is 35.0. The molecule has 0 saturated carbocycles. The fraction of sp³-hybridized carbons (Fsp3) is 0.324. The number of fused-ring (bicyclic) bond motifs is 1. The second kappa shape index (κ2) is 15.2. The topological polar surface area (TPSA) is 103 Å². The molecule has 1 aliphatic rings. The van der Waals surface area contributed by atoms with E-state index in [1.807, 2.05) is 74.5 Å². The molecular weight excluding hydrogens is 645 g/mol. The van der Waals surface area contributed by atoms with Crippen molar-refractivity contribution in [2.24, 2.45) is 5.92 Å². The number of halogens is 2. The summed E-state index contributed by atoms with van der Waals surface area (Å²) >= 11 is 6.09. The quantitative estimate of drug-likeness (QED) is 0.240. The molecule has 12 heteroatoms.